The first-order valence-corrected chi connectivity index (χ1v) is 10.2. The largest absolute Gasteiger partial charge is 0.493 e. The molecule has 1 aliphatic heterocycles. The van der Waals surface area contributed by atoms with E-state index in [2.05, 4.69) is 21.4 Å². The number of nitrogens with zero attached hydrogens (tertiary/aromatic N) is 1. The Balaban J connectivity index is 1.84. The number of amides is 2. The Labute approximate surface area is 187 Å². The fraction of sp³-hybridized carbons (Fsp3) is 0.227. The van der Waals surface area contributed by atoms with E-state index in [9.17, 15) is 14.4 Å². The van der Waals surface area contributed by atoms with Crippen molar-refractivity contribution in [2.75, 3.05) is 18.7 Å². The van der Waals surface area contributed by atoms with Crippen molar-refractivity contribution in [2.24, 2.45) is 0 Å². The molecule has 1 aliphatic rings. The van der Waals surface area contributed by atoms with Crippen molar-refractivity contribution in [2.45, 2.75) is 20.0 Å². The van der Waals surface area contributed by atoms with Crippen molar-refractivity contribution in [1.82, 2.24) is 5.43 Å². The van der Waals surface area contributed by atoms with Crippen LogP contribution in [-0.2, 0) is 19.1 Å². The van der Waals surface area contributed by atoms with Crippen LogP contribution in [0.2, 0.25) is 0 Å². The maximum atomic E-state index is 12.7. The van der Waals surface area contributed by atoms with Gasteiger partial charge in [0.05, 0.1) is 23.4 Å². The summed E-state index contributed by atoms with van der Waals surface area (Å²) in [6.07, 6.45) is 1.21. The van der Waals surface area contributed by atoms with Crippen molar-refractivity contribution >= 4 is 45.5 Å². The standard InChI is InChI=1S/C22H21BrN2O6/c1-13(2)31-19(26)12-30-20-17(23)10-14(11-18(20)29-3)9-16-21(27)24-25(22(16)28)15-7-5-4-6-8-15/h4-11,13H,12H2,1-3H3,(H,24,27)/b16-9-. The number of carbonyl (C=O) groups excluding carboxylic acids is 3. The van der Waals surface area contributed by atoms with Crippen LogP contribution in [0.3, 0.4) is 0 Å². The number of hydrogen-bond acceptors (Lipinski definition) is 6. The van der Waals surface area contributed by atoms with Gasteiger partial charge in [0.25, 0.3) is 11.8 Å². The fourth-order valence-electron chi connectivity index (χ4n) is 2.87. The molecule has 2 aromatic carbocycles. The van der Waals surface area contributed by atoms with E-state index in [1.165, 1.54) is 18.2 Å². The van der Waals surface area contributed by atoms with Crippen molar-refractivity contribution in [3.8, 4) is 11.5 Å². The van der Waals surface area contributed by atoms with Gasteiger partial charge in [0, 0.05) is 0 Å². The summed E-state index contributed by atoms with van der Waals surface area (Å²) in [4.78, 5) is 36.9. The Kier molecular flexibility index (Phi) is 6.96. The van der Waals surface area contributed by atoms with Gasteiger partial charge in [-0.1, -0.05) is 18.2 Å². The number of para-hydroxylation sites is 1. The molecule has 3 rings (SSSR count). The van der Waals surface area contributed by atoms with E-state index in [4.69, 9.17) is 14.2 Å². The minimum absolute atomic E-state index is 0.0213. The van der Waals surface area contributed by atoms with Crippen LogP contribution in [0.5, 0.6) is 11.5 Å². The zero-order valence-corrected chi connectivity index (χ0v) is 18.8. The summed E-state index contributed by atoms with van der Waals surface area (Å²) < 4.78 is 16.4. The van der Waals surface area contributed by atoms with Crippen LogP contribution in [0, 0.1) is 0 Å². The lowest BCUT2D eigenvalue weighted by Crippen LogP contribution is -2.35. The SMILES string of the molecule is COc1cc(/C=C2/C(=O)NN(c3ccccc3)C2=O)cc(Br)c1OCC(=O)OC(C)C. The van der Waals surface area contributed by atoms with Crippen LogP contribution in [0.4, 0.5) is 5.69 Å². The lowest BCUT2D eigenvalue weighted by Gasteiger charge is -2.14. The minimum atomic E-state index is -0.513. The van der Waals surface area contributed by atoms with Gasteiger partial charge in [-0.15, -0.1) is 0 Å². The lowest BCUT2D eigenvalue weighted by atomic mass is 10.1. The Morgan fingerprint density at radius 2 is 1.90 bits per heavy atom. The third-order valence-corrected chi connectivity index (χ3v) is 4.76. The summed E-state index contributed by atoms with van der Waals surface area (Å²) in [5, 5.41) is 1.19. The van der Waals surface area contributed by atoms with E-state index >= 15 is 0 Å². The molecule has 9 heteroatoms. The molecule has 0 aliphatic carbocycles. The number of hydrazine groups is 1. The molecule has 0 bridgehead atoms. The van der Waals surface area contributed by atoms with Crippen LogP contribution in [0.25, 0.3) is 6.08 Å². The second kappa shape index (κ2) is 9.65. The highest BCUT2D eigenvalue weighted by Gasteiger charge is 2.34. The molecular formula is C22H21BrN2O6. The van der Waals surface area contributed by atoms with E-state index in [1.807, 2.05) is 6.07 Å². The molecule has 1 heterocycles. The number of hydrogen-bond donors (Lipinski definition) is 1. The van der Waals surface area contributed by atoms with E-state index in [0.717, 1.165) is 0 Å². The molecule has 0 spiro atoms. The van der Waals surface area contributed by atoms with Crippen LogP contribution >= 0.6 is 15.9 Å². The number of rotatable bonds is 7. The molecule has 0 atom stereocenters. The Hall–Kier alpha value is -3.33. The molecule has 8 nitrogen and oxygen atoms in total. The molecular weight excluding hydrogens is 468 g/mol. The van der Waals surface area contributed by atoms with Crippen molar-refractivity contribution in [1.29, 1.82) is 0 Å². The molecule has 0 saturated carbocycles. The van der Waals surface area contributed by atoms with Crippen molar-refractivity contribution in [3.63, 3.8) is 0 Å². The fourth-order valence-corrected chi connectivity index (χ4v) is 3.45. The summed E-state index contributed by atoms with van der Waals surface area (Å²) in [5.41, 5.74) is 3.62. The average Bonchev–Trinajstić information content (AvgIpc) is 3.01. The summed E-state index contributed by atoms with van der Waals surface area (Å²) in [6, 6.07) is 12.1. The number of anilines is 1. The molecule has 0 unspecified atom stereocenters. The first-order chi connectivity index (χ1) is 14.8. The maximum Gasteiger partial charge on any atom is 0.344 e. The van der Waals surface area contributed by atoms with Gasteiger partial charge in [-0.2, -0.15) is 0 Å². The van der Waals surface area contributed by atoms with E-state index in [0.29, 0.717) is 27.2 Å². The number of esters is 1. The lowest BCUT2D eigenvalue weighted by molar-refractivity contribution is -0.149. The van der Waals surface area contributed by atoms with Crippen molar-refractivity contribution < 1.29 is 28.6 Å². The maximum absolute atomic E-state index is 12.7. The van der Waals surface area contributed by atoms with Gasteiger partial charge in [0.1, 0.15) is 5.57 Å². The van der Waals surface area contributed by atoms with E-state index < -0.39 is 17.8 Å². The van der Waals surface area contributed by atoms with E-state index in [1.54, 1.807) is 50.2 Å². The van der Waals surface area contributed by atoms with Crippen LogP contribution < -0.4 is 19.9 Å². The number of benzene rings is 2. The predicted molar refractivity (Wildman–Crippen MR) is 117 cm³/mol. The summed E-state index contributed by atoms with van der Waals surface area (Å²) in [7, 11) is 1.45. The van der Waals surface area contributed by atoms with Crippen LogP contribution in [0.1, 0.15) is 19.4 Å². The normalized spacial score (nSPS) is 14.7. The quantitative estimate of drug-likeness (QED) is 0.365. The molecule has 1 saturated heterocycles. The number of ether oxygens (including phenoxy) is 3. The third-order valence-electron chi connectivity index (χ3n) is 4.17. The predicted octanol–water partition coefficient (Wildman–Crippen LogP) is 3.25. The summed E-state index contributed by atoms with van der Waals surface area (Å²) >= 11 is 3.39. The first-order valence-electron chi connectivity index (χ1n) is 9.42. The highest BCUT2D eigenvalue weighted by molar-refractivity contribution is 9.10. The van der Waals surface area contributed by atoms with Gasteiger partial charge in [0.15, 0.2) is 18.1 Å². The van der Waals surface area contributed by atoms with E-state index in [-0.39, 0.29) is 18.3 Å². The van der Waals surface area contributed by atoms with Gasteiger partial charge >= 0.3 is 5.97 Å². The van der Waals surface area contributed by atoms with Gasteiger partial charge in [-0.05, 0) is 65.7 Å². The Bertz CT molecular complexity index is 1040. The number of methoxy groups -OCH3 is 1. The molecule has 1 N–H and O–H groups in total. The summed E-state index contributed by atoms with van der Waals surface area (Å²) in [5.74, 6) is -0.865. The molecule has 2 amide bonds. The zero-order valence-electron chi connectivity index (χ0n) is 17.2. The molecule has 0 aromatic heterocycles. The smallest absolute Gasteiger partial charge is 0.344 e. The number of halogens is 1. The second-order valence-corrected chi connectivity index (χ2v) is 7.69. The topological polar surface area (TPSA) is 94.2 Å². The Morgan fingerprint density at radius 3 is 2.55 bits per heavy atom. The van der Waals surface area contributed by atoms with Crippen molar-refractivity contribution in [3.05, 3.63) is 58.1 Å². The molecule has 0 radical (unpaired) electrons. The highest BCUT2D eigenvalue weighted by Crippen LogP contribution is 2.37. The Morgan fingerprint density at radius 1 is 1.19 bits per heavy atom. The average molecular weight is 489 g/mol. The molecule has 2 aromatic rings. The molecule has 162 valence electrons. The second-order valence-electron chi connectivity index (χ2n) is 6.84. The third kappa shape index (κ3) is 5.24. The van der Waals surface area contributed by atoms with Gasteiger partial charge < -0.3 is 14.2 Å². The van der Waals surface area contributed by atoms with Crippen LogP contribution in [-0.4, -0.2) is 37.6 Å². The monoisotopic (exact) mass is 488 g/mol. The first kappa shape index (κ1) is 22.4. The minimum Gasteiger partial charge on any atom is -0.493 e. The zero-order chi connectivity index (χ0) is 22.5. The van der Waals surface area contributed by atoms with Crippen LogP contribution in [0.15, 0.2) is 52.5 Å². The van der Waals surface area contributed by atoms with Gasteiger partial charge in [-0.25, -0.2) is 9.80 Å². The van der Waals surface area contributed by atoms with Gasteiger partial charge in [-0.3, -0.25) is 15.0 Å². The highest BCUT2D eigenvalue weighted by atomic mass is 79.9. The summed E-state index contributed by atoms with van der Waals surface area (Å²) in [6.45, 7) is 3.20. The van der Waals surface area contributed by atoms with Gasteiger partial charge in [0.2, 0.25) is 0 Å². The number of carbonyl (C=O) groups is 3. The molecule has 1 fully saturated rings. The molecule has 31 heavy (non-hydrogen) atoms. The number of nitrogens with one attached hydrogen (secondary N) is 1.